The SMILES string of the molecule is N#C/C(=C/c1ccc(-c2ccccc2Br)s1)c1ccccn1. The summed E-state index contributed by atoms with van der Waals surface area (Å²) in [4.78, 5) is 6.43. The van der Waals surface area contributed by atoms with E-state index in [1.807, 2.05) is 48.5 Å². The molecule has 0 spiro atoms. The number of aromatic nitrogens is 1. The zero-order chi connectivity index (χ0) is 15.4. The van der Waals surface area contributed by atoms with Crippen LogP contribution in [-0.2, 0) is 0 Å². The first-order valence-electron chi connectivity index (χ1n) is 6.66. The molecule has 3 aromatic rings. The van der Waals surface area contributed by atoms with E-state index in [4.69, 9.17) is 0 Å². The molecule has 0 aliphatic rings. The normalized spacial score (nSPS) is 11.2. The van der Waals surface area contributed by atoms with E-state index in [0.29, 0.717) is 11.3 Å². The molecule has 1 aromatic carbocycles. The van der Waals surface area contributed by atoms with Crippen LogP contribution in [0.3, 0.4) is 0 Å². The van der Waals surface area contributed by atoms with Crippen LogP contribution in [0, 0.1) is 11.3 Å². The number of pyridine rings is 1. The third-order valence-corrected chi connectivity index (χ3v) is 4.87. The molecule has 2 nitrogen and oxygen atoms in total. The highest BCUT2D eigenvalue weighted by atomic mass is 79.9. The van der Waals surface area contributed by atoms with Gasteiger partial charge in [-0.05, 0) is 36.4 Å². The van der Waals surface area contributed by atoms with Crippen molar-refractivity contribution in [3.8, 4) is 16.5 Å². The summed E-state index contributed by atoms with van der Waals surface area (Å²) in [6, 6.07) is 20.0. The molecule has 0 aliphatic carbocycles. The van der Waals surface area contributed by atoms with Crippen molar-refractivity contribution >= 4 is 38.9 Å². The number of nitriles is 1. The molecule has 0 fully saturated rings. The Morgan fingerprint density at radius 3 is 2.64 bits per heavy atom. The predicted octanol–water partition coefficient (Wildman–Crippen LogP) is 5.64. The van der Waals surface area contributed by atoms with Crippen LogP contribution in [0.25, 0.3) is 22.1 Å². The topological polar surface area (TPSA) is 36.7 Å². The predicted molar refractivity (Wildman–Crippen MR) is 95.2 cm³/mol. The quantitative estimate of drug-likeness (QED) is 0.562. The van der Waals surface area contributed by atoms with Crippen molar-refractivity contribution in [2.45, 2.75) is 0 Å². The van der Waals surface area contributed by atoms with Gasteiger partial charge in [0.05, 0.1) is 11.3 Å². The Hall–Kier alpha value is -2.22. The van der Waals surface area contributed by atoms with Crippen LogP contribution in [0.5, 0.6) is 0 Å². The van der Waals surface area contributed by atoms with Gasteiger partial charge in [0, 0.05) is 26.0 Å². The minimum atomic E-state index is 0.570. The molecule has 0 saturated carbocycles. The van der Waals surface area contributed by atoms with E-state index < -0.39 is 0 Å². The maximum absolute atomic E-state index is 9.35. The average molecular weight is 367 g/mol. The van der Waals surface area contributed by atoms with E-state index in [0.717, 1.165) is 19.8 Å². The first-order chi connectivity index (χ1) is 10.8. The summed E-state index contributed by atoms with van der Waals surface area (Å²) in [5, 5.41) is 9.35. The highest BCUT2D eigenvalue weighted by molar-refractivity contribution is 9.10. The van der Waals surface area contributed by atoms with Crippen molar-refractivity contribution in [3.63, 3.8) is 0 Å². The molecular formula is C18H11BrN2S. The molecule has 106 valence electrons. The van der Waals surface area contributed by atoms with Gasteiger partial charge in [0.15, 0.2) is 0 Å². The van der Waals surface area contributed by atoms with Crippen molar-refractivity contribution in [2.24, 2.45) is 0 Å². The van der Waals surface area contributed by atoms with Crippen LogP contribution in [0.1, 0.15) is 10.6 Å². The second-order valence-electron chi connectivity index (χ2n) is 4.57. The second kappa shape index (κ2) is 6.69. The number of halogens is 1. The molecule has 4 heteroatoms. The number of nitrogens with zero attached hydrogens (tertiary/aromatic N) is 2. The van der Waals surface area contributed by atoms with Gasteiger partial charge in [0.2, 0.25) is 0 Å². The monoisotopic (exact) mass is 366 g/mol. The van der Waals surface area contributed by atoms with Crippen LogP contribution in [0.15, 0.2) is 65.3 Å². The Kier molecular flexibility index (Phi) is 4.47. The van der Waals surface area contributed by atoms with E-state index in [-0.39, 0.29) is 0 Å². The molecule has 0 aliphatic heterocycles. The van der Waals surface area contributed by atoms with Gasteiger partial charge in [0.25, 0.3) is 0 Å². The molecule has 22 heavy (non-hydrogen) atoms. The second-order valence-corrected chi connectivity index (χ2v) is 6.54. The number of hydrogen-bond donors (Lipinski definition) is 0. The van der Waals surface area contributed by atoms with E-state index in [1.165, 1.54) is 0 Å². The molecule has 2 aromatic heterocycles. The van der Waals surface area contributed by atoms with Crippen molar-refractivity contribution in [1.29, 1.82) is 5.26 Å². The summed E-state index contributed by atoms with van der Waals surface area (Å²) in [5.74, 6) is 0. The molecule has 0 saturated heterocycles. The molecule has 2 heterocycles. The first kappa shape index (κ1) is 14.7. The van der Waals surface area contributed by atoms with Gasteiger partial charge in [0.1, 0.15) is 6.07 Å². The number of thiophene rings is 1. The number of rotatable bonds is 3. The zero-order valence-corrected chi connectivity index (χ0v) is 13.9. The summed E-state index contributed by atoms with van der Waals surface area (Å²) in [6.07, 6.45) is 3.58. The highest BCUT2D eigenvalue weighted by Crippen LogP contribution is 2.34. The number of allylic oxidation sites excluding steroid dienone is 1. The summed E-state index contributed by atoms with van der Waals surface area (Å²) < 4.78 is 1.07. The Labute approximate surface area is 141 Å². The lowest BCUT2D eigenvalue weighted by molar-refractivity contribution is 1.28. The molecule has 0 amide bonds. The lowest BCUT2D eigenvalue weighted by atomic mass is 10.1. The smallest absolute Gasteiger partial charge is 0.101 e. The summed E-state index contributed by atoms with van der Waals surface area (Å²) in [7, 11) is 0. The number of benzene rings is 1. The highest BCUT2D eigenvalue weighted by Gasteiger charge is 2.07. The van der Waals surface area contributed by atoms with E-state index in [1.54, 1.807) is 17.5 Å². The zero-order valence-electron chi connectivity index (χ0n) is 11.5. The Bertz CT molecular complexity index is 860. The van der Waals surface area contributed by atoms with Crippen molar-refractivity contribution in [3.05, 3.63) is 75.8 Å². The largest absolute Gasteiger partial charge is 0.256 e. The fraction of sp³-hybridized carbons (Fsp3) is 0. The third-order valence-electron chi connectivity index (χ3n) is 3.11. The lowest BCUT2D eigenvalue weighted by Crippen LogP contribution is -1.84. The fourth-order valence-corrected chi connectivity index (χ4v) is 3.68. The average Bonchev–Trinajstić information content (AvgIpc) is 3.02. The van der Waals surface area contributed by atoms with Gasteiger partial charge in [-0.1, -0.05) is 40.2 Å². The minimum absolute atomic E-state index is 0.570. The van der Waals surface area contributed by atoms with Gasteiger partial charge in [-0.3, -0.25) is 4.98 Å². The Balaban J connectivity index is 1.96. The standard InChI is InChI=1S/C18H11BrN2S/c19-16-6-2-1-5-15(16)18-9-8-14(22-18)11-13(12-20)17-7-3-4-10-21-17/h1-11H/b13-11-. The molecular weight excluding hydrogens is 356 g/mol. The molecule has 0 N–H and O–H groups in total. The molecule has 0 radical (unpaired) electrons. The fourth-order valence-electron chi connectivity index (χ4n) is 2.06. The maximum atomic E-state index is 9.35. The van der Waals surface area contributed by atoms with E-state index in [2.05, 4.69) is 39.1 Å². The van der Waals surface area contributed by atoms with Crippen molar-refractivity contribution in [1.82, 2.24) is 4.98 Å². The van der Waals surface area contributed by atoms with Crippen LogP contribution in [-0.4, -0.2) is 4.98 Å². The molecule has 0 unspecified atom stereocenters. The summed E-state index contributed by atoms with van der Waals surface area (Å²) in [5.41, 5.74) is 2.42. The van der Waals surface area contributed by atoms with Crippen LogP contribution < -0.4 is 0 Å². The van der Waals surface area contributed by atoms with Crippen LogP contribution in [0.2, 0.25) is 0 Å². The third kappa shape index (κ3) is 3.16. The molecule has 0 atom stereocenters. The van der Waals surface area contributed by atoms with E-state index in [9.17, 15) is 5.26 Å². The van der Waals surface area contributed by atoms with Gasteiger partial charge >= 0.3 is 0 Å². The van der Waals surface area contributed by atoms with Gasteiger partial charge in [-0.2, -0.15) is 5.26 Å². The summed E-state index contributed by atoms with van der Waals surface area (Å²) in [6.45, 7) is 0. The minimum Gasteiger partial charge on any atom is -0.256 e. The van der Waals surface area contributed by atoms with Crippen molar-refractivity contribution in [2.75, 3.05) is 0 Å². The van der Waals surface area contributed by atoms with Gasteiger partial charge < -0.3 is 0 Å². The van der Waals surface area contributed by atoms with Crippen LogP contribution >= 0.6 is 27.3 Å². The first-order valence-corrected chi connectivity index (χ1v) is 8.27. The molecule has 0 bridgehead atoms. The number of hydrogen-bond acceptors (Lipinski definition) is 3. The van der Waals surface area contributed by atoms with Gasteiger partial charge in [-0.15, -0.1) is 11.3 Å². The van der Waals surface area contributed by atoms with Gasteiger partial charge in [-0.25, -0.2) is 0 Å². The van der Waals surface area contributed by atoms with Crippen LogP contribution in [0.4, 0.5) is 0 Å². The Morgan fingerprint density at radius 2 is 1.91 bits per heavy atom. The van der Waals surface area contributed by atoms with Crippen molar-refractivity contribution < 1.29 is 0 Å². The summed E-state index contributed by atoms with van der Waals surface area (Å²) >= 11 is 5.23. The maximum Gasteiger partial charge on any atom is 0.101 e. The molecule has 3 rings (SSSR count). The Morgan fingerprint density at radius 1 is 1.09 bits per heavy atom. The lowest BCUT2D eigenvalue weighted by Gasteiger charge is -1.99. The van der Waals surface area contributed by atoms with E-state index >= 15 is 0 Å².